The van der Waals surface area contributed by atoms with Gasteiger partial charge in [0, 0.05) is 6.20 Å². The number of aliphatic imine (C=N–C) groups is 1. The number of urea groups is 1. The minimum absolute atomic E-state index is 0.143. The van der Waals surface area contributed by atoms with Crippen LogP contribution in [0.3, 0.4) is 0 Å². The average molecular weight is 622 g/mol. The SMILES string of the molecule is Cc1ccc(C(C)C)c(N2C(=O)CSC2=NC(=O)Nc2ccc(/C=C/c3ncn(-c4ccc(OC(F)(F)F)cc4)n3)cn2)c1. The number of benzene rings is 2. The summed E-state index contributed by atoms with van der Waals surface area (Å²) in [5.41, 5.74) is 3.90. The topological polar surface area (TPSA) is 115 Å². The Morgan fingerprint density at radius 3 is 2.55 bits per heavy atom. The molecule has 3 amide bonds. The van der Waals surface area contributed by atoms with Crippen LogP contribution < -0.4 is 15.0 Å². The highest BCUT2D eigenvalue weighted by molar-refractivity contribution is 8.15. The van der Waals surface area contributed by atoms with Crippen LogP contribution in [0.5, 0.6) is 5.75 Å². The van der Waals surface area contributed by atoms with Crippen LogP contribution in [0.4, 0.5) is 29.5 Å². The molecule has 0 unspecified atom stereocenters. The highest BCUT2D eigenvalue weighted by Crippen LogP contribution is 2.34. The van der Waals surface area contributed by atoms with Crippen molar-refractivity contribution < 1.29 is 27.5 Å². The number of hydrogen-bond acceptors (Lipinski definition) is 7. The van der Waals surface area contributed by atoms with Gasteiger partial charge in [0.15, 0.2) is 11.0 Å². The number of thioether (sulfide) groups is 1. The summed E-state index contributed by atoms with van der Waals surface area (Å²) in [7, 11) is 0. The number of amidine groups is 1. The number of halogens is 3. The van der Waals surface area contributed by atoms with Gasteiger partial charge in [-0.05, 0) is 84.1 Å². The van der Waals surface area contributed by atoms with E-state index in [4.69, 9.17) is 0 Å². The van der Waals surface area contributed by atoms with Crippen molar-refractivity contribution in [2.75, 3.05) is 16.0 Å². The number of aromatic nitrogens is 4. The lowest BCUT2D eigenvalue weighted by molar-refractivity contribution is -0.274. The van der Waals surface area contributed by atoms with E-state index in [1.165, 1.54) is 58.1 Å². The van der Waals surface area contributed by atoms with E-state index in [1.807, 2.05) is 39.0 Å². The van der Waals surface area contributed by atoms with Crippen LogP contribution in [0.25, 0.3) is 17.8 Å². The minimum atomic E-state index is -4.77. The van der Waals surface area contributed by atoms with Crippen molar-refractivity contribution in [3.05, 3.63) is 89.6 Å². The van der Waals surface area contributed by atoms with Crippen molar-refractivity contribution in [1.29, 1.82) is 0 Å². The van der Waals surface area contributed by atoms with Gasteiger partial charge in [0.2, 0.25) is 5.91 Å². The standard InChI is InChI=1S/C30H26F3N7O3S/c1-18(2)23-11-4-19(3)14-24(23)40-27(41)16-44-29(40)37-28(42)36-25-12-5-20(15-34-25)6-13-26-35-17-39(38-26)21-7-9-22(10-8-21)43-30(31,32)33/h4-15,17-18H,16H2,1-3H3,(H,34,36,42)/b13-6+,37-29?. The highest BCUT2D eigenvalue weighted by atomic mass is 32.2. The maximum atomic E-state index is 12.8. The predicted molar refractivity (Wildman–Crippen MR) is 163 cm³/mol. The van der Waals surface area contributed by atoms with Gasteiger partial charge in [0.1, 0.15) is 17.9 Å². The second kappa shape index (κ2) is 12.7. The van der Waals surface area contributed by atoms with Gasteiger partial charge < -0.3 is 4.74 Å². The van der Waals surface area contributed by atoms with Gasteiger partial charge in [-0.15, -0.1) is 18.3 Å². The molecule has 0 spiro atoms. The Balaban J connectivity index is 1.22. The first-order valence-corrected chi connectivity index (χ1v) is 14.3. The van der Waals surface area contributed by atoms with Crippen molar-refractivity contribution in [3.63, 3.8) is 0 Å². The summed E-state index contributed by atoms with van der Waals surface area (Å²) < 4.78 is 42.4. The number of nitrogens with zero attached hydrogens (tertiary/aromatic N) is 6. The van der Waals surface area contributed by atoms with E-state index in [-0.39, 0.29) is 29.1 Å². The largest absolute Gasteiger partial charge is 0.573 e. The van der Waals surface area contributed by atoms with Crippen molar-refractivity contribution in [2.45, 2.75) is 33.1 Å². The van der Waals surface area contributed by atoms with E-state index >= 15 is 0 Å². The maximum Gasteiger partial charge on any atom is 0.573 e. The molecular weight excluding hydrogens is 595 g/mol. The van der Waals surface area contributed by atoms with E-state index in [2.05, 4.69) is 30.1 Å². The number of rotatable bonds is 7. The summed E-state index contributed by atoms with van der Waals surface area (Å²) in [5, 5.41) is 7.23. The average Bonchev–Trinajstić information content (AvgIpc) is 3.58. The number of carbonyl (C=O) groups excluding carboxylic acids is 2. The summed E-state index contributed by atoms with van der Waals surface area (Å²) in [5.74, 6) is 0.513. The fourth-order valence-electron chi connectivity index (χ4n) is 4.27. The van der Waals surface area contributed by atoms with Crippen LogP contribution in [-0.2, 0) is 4.79 Å². The number of amides is 3. The Morgan fingerprint density at radius 2 is 1.86 bits per heavy atom. The van der Waals surface area contributed by atoms with Gasteiger partial charge in [-0.3, -0.25) is 15.0 Å². The van der Waals surface area contributed by atoms with Gasteiger partial charge in [-0.1, -0.05) is 37.7 Å². The number of carbonyl (C=O) groups is 2. The van der Waals surface area contributed by atoms with Crippen LogP contribution >= 0.6 is 11.8 Å². The number of nitrogens with one attached hydrogen (secondary N) is 1. The van der Waals surface area contributed by atoms with Gasteiger partial charge in [0.25, 0.3) is 0 Å². The molecule has 3 heterocycles. The summed E-state index contributed by atoms with van der Waals surface area (Å²) in [4.78, 5) is 39.6. The first-order chi connectivity index (χ1) is 20.9. The molecule has 10 nitrogen and oxygen atoms in total. The van der Waals surface area contributed by atoms with Gasteiger partial charge in [-0.2, -0.15) is 4.99 Å². The predicted octanol–water partition coefficient (Wildman–Crippen LogP) is 6.83. The first kappa shape index (κ1) is 30.5. The number of pyridine rings is 1. The lowest BCUT2D eigenvalue weighted by Gasteiger charge is -2.22. The summed E-state index contributed by atoms with van der Waals surface area (Å²) in [6, 6.07) is 13.8. The monoisotopic (exact) mass is 621 g/mol. The maximum absolute atomic E-state index is 12.8. The van der Waals surface area contributed by atoms with Crippen molar-refractivity contribution >= 4 is 52.5 Å². The molecule has 2 aromatic heterocycles. The fraction of sp³-hybridized carbons (Fsp3) is 0.200. The highest BCUT2D eigenvalue weighted by Gasteiger charge is 2.33. The molecule has 0 aliphatic carbocycles. The third-order valence-corrected chi connectivity index (χ3v) is 7.23. The molecule has 5 rings (SSSR count). The number of aryl methyl sites for hydroxylation is 1. The Kier molecular flexibility index (Phi) is 8.81. The van der Waals surface area contributed by atoms with E-state index in [0.717, 1.165) is 16.8 Å². The van der Waals surface area contributed by atoms with Crippen molar-refractivity contribution in [3.8, 4) is 11.4 Å². The lowest BCUT2D eigenvalue weighted by Crippen LogP contribution is -2.31. The normalized spacial score (nSPS) is 14.7. The molecule has 0 bridgehead atoms. The Bertz CT molecular complexity index is 1730. The van der Waals surface area contributed by atoms with Gasteiger partial charge in [0.05, 0.1) is 17.1 Å². The Labute approximate surface area is 254 Å². The summed E-state index contributed by atoms with van der Waals surface area (Å²) in [6.45, 7) is 6.03. The molecule has 1 fully saturated rings. The molecule has 0 radical (unpaired) electrons. The minimum Gasteiger partial charge on any atom is -0.406 e. The number of ether oxygens (including phenoxy) is 1. The van der Waals surface area contributed by atoms with Crippen LogP contribution in [0.15, 0.2) is 72.1 Å². The van der Waals surface area contributed by atoms with Crippen LogP contribution in [-0.4, -0.2) is 49.0 Å². The van der Waals surface area contributed by atoms with Crippen LogP contribution in [0.2, 0.25) is 0 Å². The second-order valence-electron chi connectivity index (χ2n) is 9.96. The molecule has 44 heavy (non-hydrogen) atoms. The van der Waals surface area contributed by atoms with E-state index in [9.17, 15) is 22.8 Å². The van der Waals surface area contributed by atoms with E-state index in [1.54, 1.807) is 24.3 Å². The molecule has 1 aliphatic heterocycles. The van der Waals surface area contributed by atoms with Crippen molar-refractivity contribution in [1.82, 2.24) is 19.7 Å². The van der Waals surface area contributed by atoms with Gasteiger partial charge in [-0.25, -0.2) is 19.4 Å². The summed E-state index contributed by atoms with van der Waals surface area (Å²) >= 11 is 1.20. The number of hydrogen-bond donors (Lipinski definition) is 1. The fourth-order valence-corrected chi connectivity index (χ4v) is 5.13. The zero-order valence-electron chi connectivity index (χ0n) is 23.7. The zero-order valence-corrected chi connectivity index (χ0v) is 24.6. The Hall–Kier alpha value is -4.98. The number of anilines is 2. The van der Waals surface area contributed by atoms with Crippen LogP contribution in [0.1, 0.15) is 42.3 Å². The van der Waals surface area contributed by atoms with E-state index in [0.29, 0.717) is 22.2 Å². The van der Waals surface area contributed by atoms with Crippen molar-refractivity contribution in [2.24, 2.45) is 4.99 Å². The molecule has 0 saturated carbocycles. The molecule has 1 aliphatic rings. The lowest BCUT2D eigenvalue weighted by atomic mass is 9.99. The summed E-state index contributed by atoms with van der Waals surface area (Å²) in [6.07, 6.45) is 1.55. The molecule has 4 aromatic rings. The molecule has 1 N–H and O–H groups in total. The molecule has 14 heteroatoms. The van der Waals surface area contributed by atoms with Crippen LogP contribution in [0, 0.1) is 6.92 Å². The first-order valence-electron chi connectivity index (χ1n) is 13.3. The van der Waals surface area contributed by atoms with E-state index < -0.39 is 12.4 Å². The molecule has 2 aromatic carbocycles. The van der Waals surface area contributed by atoms with Gasteiger partial charge >= 0.3 is 12.4 Å². The Morgan fingerprint density at radius 1 is 1.09 bits per heavy atom. The smallest absolute Gasteiger partial charge is 0.406 e. The third kappa shape index (κ3) is 7.50. The second-order valence-corrected chi connectivity index (χ2v) is 10.9. The molecular formula is C30H26F3N7O3S. The molecule has 226 valence electrons. The quantitative estimate of drug-likeness (QED) is 0.241. The zero-order chi connectivity index (χ0) is 31.4. The molecule has 1 saturated heterocycles. The third-order valence-electron chi connectivity index (χ3n) is 6.30. The number of alkyl halides is 3. The molecule has 0 atom stereocenters.